The zero-order valence-corrected chi connectivity index (χ0v) is 11.7. The Bertz CT molecular complexity index is 381. The lowest BCUT2D eigenvalue weighted by Gasteiger charge is -2.37. The van der Waals surface area contributed by atoms with Gasteiger partial charge in [0.05, 0.1) is 12.1 Å². The number of ether oxygens (including phenoxy) is 1. The molecule has 1 atom stereocenters. The highest BCUT2D eigenvalue weighted by molar-refractivity contribution is 5.83. The van der Waals surface area contributed by atoms with Gasteiger partial charge in [0.25, 0.3) is 0 Å². The SMILES string of the molecule is CN(CC1(O)CCOCC1)C(=O)N1CCC[C@H]1C(=O)O. The molecule has 0 aromatic heterocycles. The van der Waals surface area contributed by atoms with Gasteiger partial charge in [-0.2, -0.15) is 0 Å². The van der Waals surface area contributed by atoms with Gasteiger partial charge in [-0.15, -0.1) is 0 Å². The van der Waals surface area contributed by atoms with E-state index in [4.69, 9.17) is 9.84 Å². The van der Waals surface area contributed by atoms with E-state index in [0.29, 0.717) is 45.4 Å². The van der Waals surface area contributed by atoms with E-state index in [1.54, 1.807) is 7.05 Å². The first-order chi connectivity index (χ1) is 9.43. The molecule has 0 aromatic carbocycles. The van der Waals surface area contributed by atoms with Crippen molar-refractivity contribution in [3.05, 3.63) is 0 Å². The van der Waals surface area contributed by atoms with Crippen LogP contribution in [-0.2, 0) is 9.53 Å². The number of urea groups is 1. The molecule has 0 aliphatic carbocycles. The molecular formula is C13H22N2O5. The third kappa shape index (κ3) is 3.21. The third-order valence-electron chi connectivity index (χ3n) is 4.07. The second-order valence-corrected chi connectivity index (χ2v) is 5.67. The van der Waals surface area contributed by atoms with Crippen LogP contribution >= 0.6 is 0 Å². The van der Waals surface area contributed by atoms with Crippen molar-refractivity contribution in [2.24, 2.45) is 0 Å². The average Bonchev–Trinajstić information content (AvgIpc) is 2.87. The number of amides is 2. The van der Waals surface area contributed by atoms with Gasteiger partial charge in [-0.1, -0.05) is 0 Å². The summed E-state index contributed by atoms with van der Waals surface area (Å²) in [7, 11) is 1.60. The standard InChI is InChI=1S/C13H22N2O5/c1-14(9-13(19)4-7-20-8-5-13)12(18)15-6-2-3-10(15)11(16)17/h10,19H,2-9H2,1H3,(H,16,17)/t10-/m0/s1. The van der Waals surface area contributed by atoms with Crippen LogP contribution in [-0.4, -0.2) is 77.0 Å². The van der Waals surface area contributed by atoms with E-state index in [9.17, 15) is 14.7 Å². The van der Waals surface area contributed by atoms with E-state index in [0.717, 1.165) is 0 Å². The Kier molecular flexibility index (Phi) is 4.49. The first-order valence-corrected chi connectivity index (χ1v) is 6.98. The average molecular weight is 286 g/mol. The zero-order valence-electron chi connectivity index (χ0n) is 11.7. The topological polar surface area (TPSA) is 90.3 Å². The number of carbonyl (C=O) groups excluding carboxylic acids is 1. The van der Waals surface area contributed by atoms with E-state index >= 15 is 0 Å². The lowest BCUT2D eigenvalue weighted by atomic mass is 9.94. The second kappa shape index (κ2) is 5.97. The minimum atomic E-state index is -0.964. The van der Waals surface area contributed by atoms with Crippen LogP contribution in [0.3, 0.4) is 0 Å². The zero-order chi connectivity index (χ0) is 14.8. The van der Waals surface area contributed by atoms with Gasteiger partial charge in [0.15, 0.2) is 0 Å². The van der Waals surface area contributed by atoms with Gasteiger partial charge in [0, 0.05) is 39.6 Å². The summed E-state index contributed by atoms with van der Waals surface area (Å²) in [5, 5.41) is 19.5. The summed E-state index contributed by atoms with van der Waals surface area (Å²) in [4.78, 5) is 26.2. The summed E-state index contributed by atoms with van der Waals surface area (Å²) in [6.07, 6.45) is 2.18. The number of aliphatic carboxylic acids is 1. The molecule has 0 aromatic rings. The van der Waals surface area contributed by atoms with Gasteiger partial charge in [0.1, 0.15) is 6.04 Å². The smallest absolute Gasteiger partial charge is 0.326 e. The van der Waals surface area contributed by atoms with Gasteiger partial charge >= 0.3 is 12.0 Å². The van der Waals surface area contributed by atoms with Crippen LogP contribution in [0.1, 0.15) is 25.7 Å². The van der Waals surface area contributed by atoms with E-state index < -0.39 is 17.6 Å². The van der Waals surface area contributed by atoms with Crippen molar-refractivity contribution in [2.45, 2.75) is 37.3 Å². The maximum Gasteiger partial charge on any atom is 0.326 e. The molecule has 0 radical (unpaired) electrons. The number of carboxylic acids is 1. The predicted molar refractivity (Wildman–Crippen MR) is 70.4 cm³/mol. The van der Waals surface area contributed by atoms with Gasteiger partial charge in [-0.25, -0.2) is 9.59 Å². The fourth-order valence-electron chi connectivity index (χ4n) is 2.89. The normalized spacial score (nSPS) is 25.5. The summed E-state index contributed by atoms with van der Waals surface area (Å²) in [5.74, 6) is -0.964. The van der Waals surface area contributed by atoms with Crippen LogP contribution in [0.5, 0.6) is 0 Å². The number of hydrogen-bond acceptors (Lipinski definition) is 4. The molecule has 7 heteroatoms. The quantitative estimate of drug-likeness (QED) is 0.769. The van der Waals surface area contributed by atoms with Crippen LogP contribution in [0.4, 0.5) is 4.79 Å². The highest BCUT2D eigenvalue weighted by atomic mass is 16.5. The van der Waals surface area contributed by atoms with Crippen molar-refractivity contribution >= 4 is 12.0 Å². The number of likely N-dealkylation sites (N-methyl/N-ethyl adjacent to an activating group) is 1. The largest absolute Gasteiger partial charge is 0.480 e. The fourth-order valence-corrected chi connectivity index (χ4v) is 2.89. The molecule has 2 amide bonds. The van der Waals surface area contributed by atoms with Crippen molar-refractivity contribution < 1.29 is 24.5 Å². The molecule has 2 aliphatic rings. The molecule has 2 N–H and O–H groups in total. The summed E-state index contributed by atoms with van der Waals surface area (Å²) in [6.45, 7) is 1.64. The van der Waals surface area contributed by atoms with Gasteiger partial charge < -0.3 is 24.7 Å². The molecular weight excluding hydrogens is 264 g/mol. The molecule has 2 fully saturated rings. The first-order valence-electron chi connectivity index (χ1n) is 6.98. The molecule has 2 heterocycles. The Morgan fingerprint density at radius 2 is 2.05 bits per heavy atom. The summed E-state index contributed by atoms with van der Waals surface area (Å²) < 4.78 is 5.20. The summed E-state index contributed by atoms with van der Waals surface area (Å²) in [6, 6.07) is -1.07. The second-order valence-electron chi connectivity index (χ2n) is 5.67. The molecule has 20 heavy (non-hydrogen) atoms. The molecule has 2 aliphatic heterocycles. The predicted octanol–water partition coefficient (Wildman–Crippen LogP) is 0.129. The van der Waals surface area contributed by atoms with Gasteiger partial charge in [-0.05, 0) is 12.8 Å². The minimum absolute atomic E-state index is 0.206. The van der Waals surface area contributed by atoms with Crippen molar-refractivity contribution in [3.8, 4) is 0 Å². The van der Waals surface area contributed by atoms with Crippen LogP contribution < -0.4 is 0 Å². The molecule has 114 valence electrons. The minimum Gasteiger partial charge on any atom is -0.480 e. The number of likely N-dealkylation sites (tertiary alicyclic amines) is 1. The van der Waals surface area contributed by atoms with Crippen LogP contribution in [0, 0.1) is 0 Å². The van der Waals surface area contributed by atoms with Crippen molar-refractivity contribution in [1.29, 1.82) is 0 Å². The number of aliphatic hydroxyl groups is 1. The fraction of sp³-hybridized carbons (Fsp3) is 0.846. The van der Waals surface area contributed by atoms with Crippen molar-refractivity contribution in [2.75, 3.05) is 33.4 Å². The van der Waals surface area contributed by atoms with E-state index in [-0.39, 0.29) is 12.6 Å². The van der Waals surface area contributed by atoms with E-state index in [1.165, 1.54) is 9.80 Å². The lowest BCUT2D eigenvalue weighted by Crippen LogP contribution is -2.52. The van der Waals surface area contributed by atoms with E-state index in [2.05, 4.69) is 0 Å². The Labute approximate surface area is 118 Å². The van der Waals surface area contributed by atoms with Gasteiger partial charge in [0.2, 0.25) is 0 Å². The number of rotatable bonds is 3. The van der Waals surface area contributed by atoms with Crippen molar-refractivity contribution in [3.63, 3.8) is 0 Å². The molecule has 7 nitrogen and oxygen atoms in total. The highest BCUT2D eigenvalue weighted by Crippen LogP contribution is 2.23. The Balaban J connectivity index is 1.96. The van der Waals surface area contributed by atoms with Crippen molar-refractivity contribution in [1.82, 2.24) is 9.80 Å². The Hall–Kier alpha value is -1.34. The lowest BCUT2D eigenvalue weighted by molar-refractivity contribution is -0.141. The van der Waals surface area contributed by atoms with Gasteiger partial charge in [-0.3, -0.25) is 0 Å². The third-order valence-corrected chi connectivity index (χ3v) is 4.07. The maximum absolute atomic E-state index is 12.3. The number of carboxylic acid groups (broad SMARTS) is 1. The van der Waals surface area contributed by atoms with Crippen LogP contribution in [0.2, 0.25) is 0 Å². The highest BCUT2D eigenvalue weighted by Gasteiger charge is 2.38. The molecule has 0 bridgehead atoms. The molecule has 0 spiro atoms. The Morgan fingerprint density at radius 1 is 1.40 bits per heavy atom. The number of carbonyl (C=O) groups is 2. The van der Waals surface area contributed by atoms with Crippen LogP contribution in [0.25, 0.3) is 0 Å². The summed E-state index contributed by atoms with van der Waals surface area (Å²) >= 11 is 0. The molecule has 2 rings (SSSR count). The monoisotopic (exact) mass is 286 g/mol. The van der Waals surface area contributed by atoms with Crippen LogP contribution in [0.15, 0.2) is 0 Å². The molecule has 0 saturated carbocycles. The Morgan fingerprint density at radius 3 is 2.65 bits per heavy atom. The first kappa shape index (κ1) is 15.1. The molecule has 0 unspecified atom stereocenters. The van der Waals surface area contributed by atoms with E-state index in [1.807, 2.05) is 0 Å². The number of nitrogens with zero attached hydrogens (tertiary/aromatic N) is 2. The number of hydrogen-bond donors (Lipinski definition) is 2. The maximum atomic E-state index is 12.3. The molecule has 2 saturated heterocycles. The summed E-state index contributed by atoms with van der Waals surface area (Å²) in [5.41, 5.74) is -0.929.